The number of carbonyl (C=O) groups excluding carboxylic acids is 3. The lowest BCUT2D eigenvalue weighted by atomic mass is 10.1. The maximum Gasteiger partial charge on any atom is 0.472 e. The molecule has 3 fully saturated rings. The van der Waals surface area contributed by atoms with E-state index in [4.69, 9.17) is 38.0 Å². The molecule has 10 atom stereocenters. The number of rotatable bonds is 7. The third-order valence-electron chi connectivity index (χ3n) is 9.62. The first kappa shape index (κ1) is 41.3. The van der Waals surface area contributed by atoms with Crippen molar-refractivity contribution in [1.29, 1.82) is 0 Å². The van der Waals surface area contributed by atoms with E-state index in [1.165, 1.54) is 23.0 Å². The number of nitrogens with zero attached hydrogens (tertiary/aromatic N) is 5. The highest BCUT2D eigenvalue weighted by Crippen LogP contribution is 2.64. The van der Waals surface area contributed by atoms with E-state index in [1.54, 1.807) is 36.4 Å². The predicted octanol–water partition coefficient (Wildman–Crippen LogP) is 4.51. The Bertz CT molecular complexity index is 2390. The number of anilines is 1. The number of aromatic nitrogens is 4. The number of amides is 1. The van der Waals surface area contributed by atoms with Gasteiger partial charge in [-0.1, -0.05) is 29.8 Å². The van der Waals surface area contributed by atoms with E-state index in [0.29, 0.717) is 22.5 Å². The highest BCUT2D eigenvalue weighted by molar-refractivity contribution is 8.54. The summed E-state index contributed by atoms with van der Waals surface area (Å²) in [6.45, 7) is -4.52. The highest BCUT2D eigenvalue weighted by atomic mass is 32.7. The fourth-order valence-corrected chi connectivity index (χ4v) is 10.9. The largest absolute Gasteiger partial charge is 0.472 e. The predicted molar refractivity (Wildman–Crippen MR) is 201 cm³/mol. The third kappa shape index (κ3) is 8.74. The van der Waals surface area contributed by atoms with Gasteiger partial charge in [0.2, 0.25) is 5.91 Å². The summed E-state index contributed by atoms with van der Waals surface area (Å²) in [7, 11) is -5.28. The van der Waals surface area contributed by atoms with E-state index in [-0.39, 0.29) is 28.5 Å². The summed E-state index contributed by atoms with van der Waals surface area (Å²) in [6, 6.07) is 13.0. The number of imidazole rings is 1. The molecule has 2 aromatic carbocycles. The van der Waals surface area contributed by atoms with E-state index in [2.05, 4.69) is 15.0 Å². The number of ether oxygens (including phenoxy) is 3. The van der Waals surface area contributed by atoms with Crippen molar-refractivity contribution in [3.05, 3.63) is 90.2 Å². The van der Waals surface area contributed by atoms with Crippen molar-refractivity contribution in [3.63, 3.8) is 0 Å². The molecule has 3 N–H and O–H groups in total. The minimum atomic E-state index is -5.28. The number of halogens is 2. The Labute approximate surface area is 337 Å². The zero-order valence-electron chi connectivity index (χ0n) is 30.6. The van der Waals surface area contributed by atoms with Crippen molar-refractivity contribution < 1.29 is 69.5 Å². The number of alkyl halides is 2. The Morgan fingerprint density at radius 3 is 2.42 bits per heavy atom. The van der Waals surface area contributed by atoms with Crippen LogP contribution in [0.15, 0.2) is 73.5 Å². The van der Waals surface area contributed by atoms with Gasteiger partial charge in [-0.15, -0.1) is 0 Å². The van der Waals surface area contributed by atoms with E-state index >= 15 is 8.78 Å². The molecule has 4 aliphatic rings. The topological polar surface area (TPSA) is 243 Å². The average molecular weight is 879 g/mol. The number of nitrogens with two attached hydrogens (primary N) is 1. The van der Waals surface area contributed by atoms with Crippen molar-refractivity contribution in [2.45, 2.75) is 68.3 Å². The smallest absolute Gasteiger partial charge is 0.423 e. The van der Waals surface area contributed by atoms with Crippen molar-refractivity contribution in [1.82, 2.24) is 24.4 Å². The van der Waals surface area contributed by atoms with Crippen LogP contribution in [0.4, 0.5) is 14.6 Å². The van der Waals surface area contributed by atoms with Crippen LogP contribution in [-0.4, -0.2) is 103 Å². The van der Waals surface area contributed by atoms with E-state index in [1.807, 2.05) is 6.92 Å². The summed E-state index contributed by atoms with van der Waals surface area (Å²) >= 11 is 0.595. The number of esters is 1. The molecule has 2 bridgehead atoms. The first-order valence-corrected chi connectivity index (χ1v) is 22.5. The summed E-state index contributed by atoms with van der Waals surface area (Å²) in [5.41, 5.74) is 7.93. The van der Waals surface area contributed by atoms with Crippen molar-refractivity contribution in [2.75, 3.05) is 18.9 Å². The molecule has 24 heteroatoms. The number of fused-ring (bicyclic) bond motifs is 4. The lowest BCUT2D eigenvalue weighted by Gasteiger charge is -2.31. The number of benzene rings is 2. The molecule has 0 spiro atoms. The standard InChI is InChI=1S/C35H34F2N6O13P2S/c1-18-2-6-20(7-3-18)35(46)52-22-8-4-19(5-9-22)15-59-58(49)51-13-23-26(36)30(34(53-23)42-11-10-21(44)12-25(42)45)55-57(47,48)50-14-24-29(56-58)27(37)33(54-24)43-17-41-28-31(38)39-16-40-32(28)43/h2-11,16-17,23-24,26-27,29-30,33-34H,12-15H2,1H3,(H,47,48)(H2,38,39,40)/t23-,24-,26-,27-,29-,30-,33?,34?,58-/m1/s1. The van der Waals surface area contributed by atoms with E-state index < -0.39 is 101 Å². The summed E-state index contributed by atoms with van der Waals surface area (Å²) in [6.07, 6.45) is -11.1. The molecule has 3 saturated heterocycles. The van der Waals surface area contributed by atoms with Crippen molar-refractivity contribution >= 4 is 60.6 Å². The highest BCUT2D eigenvalue weighted by Gasteiger charge is 2.56. The van der Waals surface area contributed by atoms with Crippen LogP contribution in [0.3, 0.4) is 0 Å². The van der Waals surface area contributed by atoms with Crippen LogP contribution in [0.1, 0.15) is 34.1 Å². The van der Waals surface area contributed by atoms with Gasteiger partial charge in [-0.25, -0.2) is 37.7 Å². The molecule has 1 amide bonds. The van der Waals surface area contributed by atoms with Gasteiger partial charge in [-0.05, 0) is 54.2 Å². The number of hydrogen-bond acceptors (Lipinski definition) is 17. The van der Waals surface area contributed by atoms with E-state index in [0.717, 1.165) is 29.1 Å². The maximum atomic E-state index is 16.7. The first-order valence-electron chi connectivity index (χ1n) is 17.8. The molecular weight excluding hydrogens is 844 g/mol. The Morgan fingerprint density at radius 1 is 0.949 bits per heavy atom. The van der Waals surface area contributed by atoms with Gasteiger partial charge < -0.3 is 24.8 Å². The summed E-state index contributed by atoms with van der Waals surface area (Å²) in [4.78, 5) is 61.1. The van der Waals surface area contributed by atoms with Crippen LogP contribution >= 0.6 is 26.0 Å². The monoisotopic (exact) mass is 878 g/mol. The van der Waals surface area contributed by atoms with E-state index in [9.17, 15) is 28.4 Å². The lowest BCUT2D eigenvalue weighted by Crippen LogP contribution is -2.46. The zero-order chi connectivity index (χ0) is 41.6. The second kappa shape index (κ2) is 16.5. The molecule has 0 aliphatic carbocycles. The summed E-state index contributed by atoms with van der Waals surface area (Å²) in [5, 5.41) is 0. The lowest BCUT2D eigenvalue weighted by molar-refractivity contribution is -0.148. The Morgan fingerprint density at radius 2 is 1.68 bits per heavy atom. The van der Waals surface area contributed by atoms with Crippen LogP contribution in [0.5, 0.6) is 5.75 Å². The quantitative estimate of drug-likeness (QED) is 0.112. The molecule has 0 saturated carbocycles. The van der Waals surface area contributed by atoms with Gasteiger partial charge in [0.25, 0.3) is 0 Å². The zero-order valence-corrected chi connectivity index (χ0v) is 33.2. The molecule has 312 valence electrons. The number of allylic oxidation sites excluding steroid dienone is 1. The van der Waals surface area contributed by atoms with Gasteiger partial charge in [0.1, 0.15) is 42.0 Å². The molecule has 4 aromatic rings. The Hall–Kier alpha value is -4.47. The molecule has 0 radical (unpaired) electrons. The van der Waals surface area contributed by atoms with Crippen LogP contribution in [0.2, 0.25) is 0 Å². The molecule has 3 unspecified atom stereocenters. The minimum Gasteiger partial charge on any atom is -0.423 e. The second-order valence-electron chi connectivity index (χ2n) is 13.7. The number of nitrogen functional groups attached to an aromatic ring is 1. The number of phosphoric ester groups is 1. The number of ketones is 1. The second-order valence-corrected chi connectivity index (χ2v) is 19.1. The van der Waals surface area contributed by atoms with Gasteiger partial charge >= 0.3 is 20.6 Å². The van der Waals surface area contributed by atoms with Crippen LogP contribution in [-0.2, 0) is 52.0 Å². The van der Waals surface area contributed by atoms with Crippen LogP contribution in [0.25, 0.3) is 11.2 Å². The molecule has 59 heavy (non-hydrogen) atoms. The van der Waals surface area contributed by atoms with Crippen molar-refractivity contribution in [2.24, 2.45) is 0 Å². The summed E-state index contributed by atoms with van der Waals surface area (Å²) < 4.78 is 101. The molecule has 2 aromatic heterocycles. The van der Waals surface area contributed by atoms with Crippen LogP contribution in [0, 0.1) is 6.92 Å². The van der Waals surface area contributed by atoms with Gasteiger partial charge in [0, 0.05) is 12.0 Å². The van der Waals surface area contributed by atoms with Crippen LogP contribution < -0.4 is 10.5 Å². The molecule has 6 heterocycles. The number of carbonyl (C=O) groups is 3. The molecule has 8 rings (SSSR count). The fourth-order valence-electron chi connectivity index (χ4n) is 6.60. The van der Waals surface area contributed by atoms with Gasteiger partial charge in [0.05, 0.1) is 31.5 Å². The van der Waals surface area contributed by atoms with Gasteiger partial charge in [-0.3, -0.25) is 37.2 Å². The third-order valence-corrected chi connectivity index (χ3v) is 14.3. The Balaban J connectivity index is 1.07. The maximum absolute atomic E-state index is 16.7. The van der Waals surface area contributed by atoms with Crippen molar-refractivity contribution in [3.8, 4) is 5.75 Å². The SMILES string of the molecule is Cc1ccc(C(=O)Oc2ccc(CS[P@]3(=O)OC[C@H]4OC(N5C=CC(=O)CC5=O)[C@H](OP(=O)(O)OC[C@H]5OC(n6cnc7c(N)ncnc76)[C@H](F)[C@@H]5O3)[C@@H]4F)cc2)cc1. The minimum absolute atomic E-state index is 0.0101. The number of hydrogen-bond donors (Lipinski definition) is 2. The number of phosphoric acid groups is 1. The summed E-state index contributed by atoms with van der Waals surface area (Å²) in [5.74, 6) is -1.84. The fraction of sp³-hybridized carbons (Fsp3) is 0.371. The van der Waals surface area contributed by atoms with Gasteiger partial charge in [-0.2, -0.15) is 0 Å². The van der Waals surface area contributed by atoms with Gasteiger partial charge in [0.15, 0.2) is 42.0 Å². The molecular formula is C35H34F2N6O13P2S. The average Bonchev–Trinajstić information content (AvgIpc) is 3.86. The Kier molecular flexibility index (Phi) is 11.6. The molecule has 4 aliphatic heterocycles. The number of aryl methyl sites for hydroxylation is 1. The molecule has 19 nitrogen and oxygen atoms in total. The first-order chi connectivity index (χ1) is 28.2. The normalized spacial score (nSPS) is 32.6.